The number of hydrogen-bond donors (Lipinski definition) is 1. The lowest BCUT2D eigenvalue weighted by molar-refractivity contribution is -0.132. The number of nitrogens with one attached hydrogen (secondary N) is 1. The third-order valence-corrected chi connectivity index (χ3v) is 10.6. The maximum absolute atomic E-state index is 14.0. The predicted molar refractivity (Wildman–Crippen MR) is 185 cm³/mol. The van der Waals surface area contributed by atoms with Gasteiger partial charge in [0.15, 0.2) is 5.82 Å². The molecule has 14 nitrogen and oxygen atoms in total. The van der Waals surface area contributed by atoms with Gasteiger partial charge in [-0.2, -0.15) is 10.2 Å². The fourth-order valence-corrected chi connectivity index (χ4v) is 7.86. The minimum Gasteiger partial charge on any atom is -0.475 e. The number of anilines is 1. The van der Waals surface area contributed by atoms with Crippen LogP contribution in [0.25, 0.3) is 38.6 Å². The van der Waals surface area contributed by atoms with Crippen molar-refractivity contribution in [2.75, 3.05) is 44.2 Å². The molecule has 0 radical (unpaired) electrons. The molecule has 2 saturated heterocycles. The van der Waals surface area contributed by atoms with Crippen molar-refractivity contribution >= 4 is 45.6 Å². The summed E-state index contributed by atoms with van der Waals surface area (Å²) in [7, 11) is 1.84. The van der Waals surface area contributed by atoms with E-state index in [1.54, 1.807) is 33.4 Å². The Labute approximate surface area is 286 Å². The molecule has 0 unspecified atom stereocenters. The summed E-state index contributed by atoms with van der Waals surface area (Å²) in [6, 6.07) is 7.52. The average Bonchev–Trinajstić information content (AvgIpc) is 3.94. The molecule has 0 aliphatic carbocycles. The van der Waals surface area contributed by atoms with Crippen LogP contribution < -0.4 is 9.64 Å². The number of thiazole rings is 1. The summed E-state index contributed by atoms with van der Waals surface area (Å²) in [6.07, 6.45) is 9.55. The second-order valence-electron chi connectivity index (χ2n) is 13.2. The molecule has 49 heavy (non-hydrogen) atoms. The smallest absolute Gasteiger partial charge is 0.237 e. The average molecular weight is 680 g/mol. The number of amides is 2. The van der Waals surface area contributed by atoms with Crippen LogP contribution in [0.5, 0.6) is 5.88 Å². The fourth-order valence-electron chi connectivity index (χ4n) is 6.94. The van der Waals surface area contributed by atoms with Crippen molar-refractivity contribution in [3.8, 4) is 27.8 Å². The third kappa shape index (κ3) is 5.97. The Morgan fingerprint density at radius 3 is 2.71 bits per heavy atom. The van der Waals surface area contributed by atoms with E-state index in [2.05, 4.69) is 41.2 Å². The number of rotatable bonds is 8. The first kappa shape index (κ1) is 31.3. The quantitative estimate of drug-likeness (QED) is 0.257. The van der Waals surface area contributed by atoms with Crippen molar-refractivity contribution in [2.24, 2.45) is 12.5 Å². The number of carbonyl (C=O) groups is 2. The summed E-state index contributed by atoms with van der Waals surface area (Å²) in [5.74, 6) is 1.99. The van der Waals surface area contributed by atoms with Gasteiger partial charge in [0.25, 0.3) is 0 Å². The Morgan fingerprint density at radius 2 is 1.96 bits per heavy atom. The normalized spacial score (nSPS) is 19.9. The summed E-state index contributed by atoms with van der Waals surface area (Å²) in [5, 5.41) is 12.9. The minimum atomic E-state index is -0.508. The van der Waals surface area contributed by atoms with Crippen molar-refractivity contribution in [2.45, 2.75) is 39.2 Å². The molecule has 2 fully saturated rings. The van der Waals surface area contributed by atoms with Gasteiger partial charge in [-0.25, -0.2) is 19.9 Å². The second kappa shape index (κ2) is 12.5. The Kier molecular flexibility index (Phi) is 7.95. The lowest BCUT2D eigenvalue weighted by atomic mass is 9.85. The van der Waals surface area contributed by atoms with Crippen LogP contribution in [0.4, 0.5) is 5.82 Å². The number of aryl methyl sites for hydroxylation is 1. The highest BCUT2D eigenvalue weighted by Gasteiger charge is 2.51. The number of hydrogen-bond acceptors (Lipinski definition) is 11. The number of fused-ring (bicyclic) bond motifs is 1. The molecule has 1 N–H and O–H groups in total. The van der Waals surface area contributed by atoms with E-state index in [0.717, 1.165) is 45.8 Å². The summed E-state index contributed by atoms with van der Waals surface area (Å²) in [4.78, 5) is 52.3. The number of ether oxygens (including phenoxy) is 1. The molecule has 3 aliphatic rings. The van der Waals surface area contributed by atoms with Crippen molar-refractivity contribution in [3.63, 3.8) is 0 Å². The molecule has 0 bridgehead atoms. The van der Waals surface area contributed by atoms with E-state index >= 15 is 0 Å². The van der Waals surface area contributed by atoms with E-state index in [9.17, 15) is 9.59 Å². The van der Waals surface area contributed by atoms with E-state index in [4.69, 9.17) is 9.72 Å². The third-order valence-electron chi connectivity index (χ3n) is 9.50. The topological polar surface area (TPSA) is 151 Å². The van der Waals surface area contributed by atoms with Gasteiger partial charge >= 0.3 is 0 Å². The first-order chi connectivity index (χ1) is 23.7. The number of aromatic amines is 1. The van der Waals surface area contributed by atoms with E-state index < -0.39 is 5.41 Å². The summed E-state index contributed by atoms with van der Waals surface area (Å²) in [5.41, 5.74) is 3.59. The fraction of sp³-hybridized carbons (Fsp3) is 0.412. The van der Waals surface area contributed by atoms with Crippen LogP contribution in [0.3, 0.4) is 0 Å². The van der Waals surface area contributed by atoms with Gasteiger partial charge < -0.3 is 9.64 Å². The van der Waals surface area contributed by atoms with Crippen LogP contribution in [0.2, 0.25) is 0 Å². The van der Waals surface area contributed by atoms with Gasteiger partial charge in [-0.3, -0.25) is 29.2 Å². The number of likely N-dealkylation sites (tertiary alicyclic amines) is 1. The van der Waals surface area contributed by atoms with Gasteiger partial charge in [-0.1, -0.05) is 6.08 Å². The Morgan fingerprint density at radius 1 is 1.08 bits per heavy atom. The number of pyridine rings is 2. The second-order valence-corrected chi connectivity index (χ2v) is 14.3. The highest BCUT2D eigenvalue weighted by atomic mass is 32.1. The van der Waals surface area contributed by atoms with Crippen molar-refractivity contribution in [1.29, 1.82) is 0 Å². The highest BCUT2D eigenvalue weighted by Crippen LogP contribution is 2.42. The number of H-pyrrole nitrogens is 1. The van der Waals surface area contributed by atoms with Crippen LogP contribution in [-0.2, 0) is 16.6 Å². The molecule has 8 heterocycles. The molecule has 2 amide bonds. The predicted octanol–water partition coefficient (Wildman–Crippen LogP) is 3.80. The molecule has 5 aromatic heterocycles. The van der Waals surface area contributed by atoms with Gasteiger partial charge in [0.05, 0.1) is 28.5 Å². The lowest BCUT2D eigenvalue weighted by Crippen LogP contribution is -2.43. The monoisotopic (exact) mass is 679 g/mol. The molecule has 5 aromatic rings. The zero-order valence-corrected chi connectivity index (χ0v) is 28.5. The van der Waals surface area contributed by atoms with Crippen LogP contribution in [0.1, 0.15) is 38.1 Å². The Balaban J connectivity index is 0.896. The zero-order valence-electron chi connectivity index (χ0n) is 27.7. The van der Waals surface area contributed by atoms with E-state index in [1.807, 2.05) is 56.3 Å². The summed E-state index contributed by atoms with van der Waals surface area (Å²) < 4.78 is 7.36. The van der Waals surface area contributed by atoms with Gasteiger partial charge in [-0.15, -0.1) is 11.3 Å². The highest BCUT2D eigenvalue weighted by molar-refractivity contribution is 7.16. The van der Waals surface area contributed by atoms with E-state index in [1.165, 1.54) is 0 Å². The van der Waals surface area contributed by atoms with Gasteiger partial charge in [0.2, 0.25) is 17.7 Å². The molecule has 15 heteroatoms. The molecule has 0 saturated carbocycles. The Hall–Kier alpha value is -5.02. The van der Waals surface area contributed by atoms with Crippen LogP contribution in [-0.4, -0.2) is 107 Å². The summed E-state index contributed by atoms with van der Waals surface area (Å²) >= 11 is 1.57. The molecular weight excluding hydrogens is 643 g/mol. The first-order valence-corrected chi connectivity index (χ1v) is 17.4. The van der Waals surface area contributed by atoms with Gasteiger partial charge in [0, 0.05) is 57.3 Å². The maximum Gasteiger partial charge on any atom is 0.237 e. The van der Waals surface area contributed by atoms with Crippen LogP contribution >= 0.6 is 11.3 Å². The zero-order chi connectivity index (χ0) is 33.7. The number of aromatic nitrogens is 8. The SMILES string of the molecule is CC(C)Oc1ccc(-c2n[nH]c3ccc(N4CC[C@]5(CCN(CC(=O)N6CC=C(c7ncc(-c8ncn(C)n8)s7)CC6)C5)C4=O)nc23)cn1. The molecule has 1 spiro atoms. The van der Waals surface area contributed by atoms with E-state index in [-0.39, 0.29) is 17.9 Å². The lowest BCUT2D eigenvalue weighted by Gasteiger charge is -2.28. The van der Waals surface area contributed by atoms with Crippen LogP contribution in [0.15, 0.2) is 49.1 Å². The van der Waals surface area contributed by atoms with Crippen molar-refractivity contribution in [3.05, 3.63) is 54.1 Å². The standard InChI is InChI=1S/C34H37N11O3S/c1-21(2)48-27-7-4-23(16-35-27)29-30-24(39-40-29)5-6-26(38-30)45-15-11-34(33(45)47)10-14-43(19-34)18-28(46)44-12-8-22(9-13-44)32-36-17-25(49-32)31-37-20-42(3)41-31/h4-8,16-17,20-21H,9-15,18-19H2,1-3H3,(H,39,40)/t34-/m0/s1. The van der Waals surface area contributed by atoms with Crippen molar-refractivity contribution < 1.29 is 14.3 Å². The molecule has 3 aliphatic heterocycles. The number of carbonyl (C=O) groups excluding carboxylic acids is 2. The van der Waals surface area contributed by atoms with Gasteiger partial charge in [-0.05, 0) is 63.4 Å². The van der Waals surface area contributed by atoms with Gasteiger partial charge in [0.1, 0.15) is 28.4 Å². The first-order valence-electron chi connectivity index (χ1n) is 16.6. The van der Waals surface area contributed by atoms with Crippen molar-refractivity contribution in [1.82, 2.24) is 49.7 Å². The molecule has 0 aromatic carbocycles. The molecule has 8 rings (SSSR count). The summed E-state index contributed by atoms with van der Waals surface area (Å²) in [6.45, 7) is 7.29. The van der Waals surface area contributed by atoms with Crippen LogP contribution in [0, 0.1) is 5.41 Å². The molecule has 1 atom stereocenters. The Bertz CT molecular complexity index is 2070. The maximum atomic E-state index is 14.0. The molecule has 252 valence electrons. The van der Waals surface area contributed by atoms with E-state index in [0.29, 0.717) is 68.0 Å². The minimum absolute atomic E-state index is 0.0320. The number of nitrogens with zero attached hydrogens (tertiary/aromatic N) is 10. The largest absolute Gasteiger partial charge is 0.475 e. The molecular formula is C34H37N11O3S.